The van der Waals surface area contributed by atoms with Gasteiger partial charge in [0.05, 0.1) is 12.2 Å². The summed E-state index contributed by atoms with van der Waals surface area (Å²) in [7, 11) is 0. The van der Waals surface area contributed by atoms with Gasteiger partial charge in [-0.1, -0.05) is 19.1 Å². The van der Waals surface area contributed by atoms with Gasteiger partial charge in [-0.2, -0.15) is 0 Å². The minimum Gasteiger partial charge on any atom is -0.490 e. The third kappa shape index (κ3) is 3.50. The van der Waals surface area contributed by atoms with E-state index in [2.05, 4.69) is 5.32 Å². The number of fused-ring (bicyclic) bond motifs is 1. The van der Waals surface area contributed by atoms with Crippen LogP contribution in [-0.2, 0) is 9.59 Å². The molecule has 1 aliphatic rings. The van der Waals surface area contributed by atoms with Crippen molar-refractivity contribution in [2.24, 2.45) is 0 Å². The van der Waals surface area contributed by atoms with E-state index in [1.165, 1.54) is 0 Å². The Labute approximate surface area is 118 Å². The fourth-order valence-electron chi connectivity index (χ4n) is 2.14. The van der Waals surface area contributed by atoms with Crippen LogP contribution in [0.1, 0.15) is 26.2 Å². The van der Waals surface area contributed by atoms with E-state index in [0.717, 1.165) is 17.9 Å². The first-order valence-corrected chi connectivity index (χ1v) is 7.01. The zero-order valence-electron chi connectivity index (χ0n) is 11.7. The zero-order chi connectivity index (χ0) is 14.4. The molecule has 0 fully saturated rings. The second-order valence-electron chi connectivity index (χ2n) is 4.71. The molecule has 0 spiro atoms. The highest BCUT2D eigenvalue weighted by atomic mass is 16.5. The summed E-state index contributed by atoms with van der Waals surface area (Å²) >= 11 is 0. The monoisotopic (exact) mass is 276 g/mol. The largest absolute Gasteiger partial charge is 0.490 e. The van der Waals surface area contributed by atoms with Crippen LogP contribution in [0, 0.1) is 0 Å². The molecule has 2 amide bonds. The molecular formula is C15H20N2O3. The highest BCUT2D eigenvalue weighted by molar-refractivity contribution is 5.97. The Morgan fingerprint density at radius 1 is 1.30 bits per heavy atom. The smallest absolute Gasteiger partial charge is 0.227 e. The number of anilines is 1. The van der Waals surface area contributed by atoms with Crippen LogP contribution in [0.3, 0.4) is 0 Å². The number of nitrogens with zero attached hydrogens (tertiary/aromatic N) is 1. The summed E-state index contributed by atoms with van der Waals surface area (Å²) in [4.78, 5) is 25.5. The molecule has 0 saturated carbocycles. The first-order valence-electron chi connectivity index (χ1n) is 7.01. The van der Waals surface area contributed by atoms with Crippen LogP contribution in [0.5, 0.6) is 5.75 Å². The maximum absolute atomic E-state index is 12.2. The molecule has 0 bridgehead atoms. The zero-order valence-corrected chi connectivity index (χ0v) is 11.7. The van der Waals surface area contributed by atoms with Crippen molar-refractivity contribution in [3.63, 3.8) is 0 Å². The van der Waals surface area contributed by atoms with Crippen LogP contribution in [0.2, 0.25) is 0 Å². The van der Waals surface area contributed by atoms with Gasteiger partial charge in [-0.05, 0) is 18.6 Å². The highest BCUT2D eigenvalue weighted by Gasteiger charge is 2.23. The molecule has 2 rings (SSSR count). The summed E-state index contributed by atoms with van der Waals surface area (Å²) < 4.78 is 5.51. The molecule has 0 radical (unpaired) electrons. The molecule has 0 saturated heterocycles. The molecule has 1 heterocycles. The maximum atomic E-state index is 12.2. The summed E-state index contributed by atoms with van der Waals surface area (Å²) in [6.07, 6.45) is 1.36. The van der Waals surface area contributed by atoms with Gasteiger partial charge in [-0.15, -0.1) is 0 Å². The van der Waals surface area contributed by atoms with Crippen molar-refractivity contribution in [3.8, 4) is 5.75 Å². The Bertz CT molecular complexity index is 488. The molecule has 0 atom stereocenters. The minimum absolute atomic E-state index is 0.0348. The molecule has 0 aromatic heterocycles. The van der Waals surface area contributed by atoms with E-state index >= 15 is 0 Å². The quantitative estimate of drug-likeness (QED) is 0.891. The predicted molar refractivity (Wildman–Crippen MR) is 76.8 cm³/mol. The van der Waals surface area contributed by atoms with E-state index in [1.54, 1.807) is 4.90 Å². The van der Waals surface area contributed by atoms with Crippen LogP contribution in [0.25, 0.3) is 0 Å². The third-order valence-corrected chi connectivity index (χ3v) is 3.17. The first kappa shape index (κ1) is 14.4. The lowest BCUT2D eigenvalue weighted by Crippen LogP contribution is -2.38. The number of carbonyl (C=O) groups is 2. The Morgan fingerprint density at radius 2 is 2.10 bits per heavy atom. The van der Waals surface area contributed by atoms with E-state index in [1.807, 2.05) is 31.2 Å². The topological polar surface area (TPSA) is 58.6 Å². The van der Waals surface area contributed by atoms with Crippen molar-refractivity contribution in [2.75, 3.05) is 24.6 Å². The molecule has 1 N–H and O–H groups in total. The first-order chi connectivity index (χ1) is 9.72. The predicted octanol–water partition coefficient (Wildman–Crippen LogP) is 1.72. The van der Waals surface area contributed by atoms with Crippen molar-refractivity contribution in [1.82, 2.24) is 5.32 Å². The highest BCUT2D eigenvalue weighted by Crippen LogP contribution is 2.31. The average Bonchev–Trinajstić information content (AvgIpc) is 2.50. The van der Waals surface area contributed by atoms with Crippen LogP contribution >= 0.6 is 0 Å². The van der Waals surface area contributed by atoms with Crippen LogP contribution in [-0.4, -0.2) is 31.5 Å². The lowest BCUT2D eigenvalue weighted by molar-refractivity contribution is -0.125. The number of benzene rings is 1. The number of rotatable bonds is 5. The van der Waals surface area contributed by atoms with E-state index in [-0.39, 0.29) is 24.7 Å². The van der Waals surface area contributed by atoms with Gasteiger partial charge in [0.15, 0.2) is 0 Å². The van der Waals surface area contributed by atoms with Gasteiger partial charge in [0.1, 0.15) is 12.4 Å². The SMILES string of the molecule is CCCNC(=O)CCC(=O)N1CCOc2ccccc21. The van der Waals surface area contributed by atoms with Gasteiger partial charge < -0.3 is 15.0 Å². The van der Waals surface area contributed by atoms with Crippen molar-refractivity contribution >= 4 is 17.5 Å². The summed E-state index contributed by atoms with van der Waals surface area (Å²) in [6.45, 7) is 3.68. The molecule has 1 aromatic rings. The Balaban J connectivity index is 1.92. The fraction of sp³-hybridized carbons (Fsp3) is 0.467. The lowest BCUT2D eigenvalue weighted by atomic mass is 10.2. The van der Waals surface area contributed by atoms with E-state index in [4.69, 9.17) is 4.74 Å². The molecule has 108 valence electrons. The number of hydrogen-bond donors (Lipinski definition) is 1. The molecule has 5 nitrogen and oxygen atoms in total. The number of para-hydroxylation sites is 2. The number of ether oxygens (including phenoxy) is 1. The van der Waals surface area contributed by atoms with Gasteiger partial charge in [0.2, 0.25) is 11.8 Å². The molecule has 20 heavy (non-hydrogen) atoms. The van der Waals surface area contributed by atoms with Gasteiger partial charge >= 0.3 is 0 Å². The summed E-state index contributed by atoms with van der Waals surface area (Å²) in [5, 5.41) is 2.78. The van der Waals surface area contributed by atoms with Crippen LogP contribution < -0.4 is 15.0 Å². The van der Waals surface area contributed by atoms with Crippen LogP contribution in [0.4, 0.5) is 5.69 Å². The lowest BCUT2D eigenvalue weighted by Gasteiger charge is -2.29. The van der Waals surface area contributed by atoms with E-state index in [0.29, 0.717) is 19.7 Å². The summed E-state index contributed by atoms with van der Waals surface area (Å²) in [6, 6.07) is 7.47. The molecule has 1 aliphatic heterocycles. The standard InChI is InChI=1S/C15H20N2O3/c1-2-9-16-14(18)7-8-15(19)17-10-11-20-13-6-4-3-5-12(13)17/h3-6H,2,7-11H2,1H3,(H,16,18). The second-order valence-corrected chi connectivity index (χ2v) is 4.71. The number of nitrogens with one attached hydrogen (secondary N) is 1. The van der Waals surface area contributed by atoms with Gasteiger partial charge in [0, 0.05) is 19.4 Å². The van der Waals surface area contributed by atoms with Gasteiger partial charge in [-0.25, -0.2) is 0 Å². The minimum atomic E-state index is -0.0678. The molecule has 5 heteroatoms. The van der Waals surface area contributed by atoms with Crippen molar-refractivity contribution in [1.29, 1.82) is 0 Å². The van der Waals surface area contributed by atoms with E-state index in [9.17, 15) is 9.59 Å². The molecule has 0 unspecified atom stereocenters. The fourth-order valence-corrected chi connectivity index (χ4v) is 2.14. The van der Waals surface area contributed by atoms with Crippen molar-refractivity contribution in [3.05, 3.63) is 24.3 Å². The van der Waals surface area contributed by atoms with Crippen molar-refractivity contribution in [2.45, 2.75) is 26.2 Å². The Hall–Kier alpha value is -2.04. The van der Waals surface area contributed by atoms with Gasteiger partial charge in [-0.3, -0.25) is 9.59 Å². The van der Waals surface area contributed by atoms with Crippen molar-refractivity contribution < 1.29 is 14.3 Å². The third-order valence-electron chi connectivity index (χ3n) is 3.17. The Kier molecular flexibility index (Phi) is 4.98. The van der Waals surface area contributed by atoms with Gasteiger partial charge in [0.25, 0.3) is 0 Å². The average molecular weight is 276 g/mol. The van der Waals surface area contributed by atoms with Crippen LogP contribution in [0.15, 0.2) is 24.3 Å². The number of hydrogen-bond acceptors (Lipinski definition) is 3. The maximum Gasteiger partial charge on any atom is 0.227 e. The molecular weight excluding hydrogens is 256 g/mol. The number of amides is 2. The Morgan fingerprint density at radius 3 is 2.90 bits per heavy atom. The second kappa shape index (κ2) is 6.93. The summed E-state index contributed by atoms with van der Waals surface area (Å²) in [5.74, 6) is 0.622. The molecule has 1 aromatic carbocycles. The van der Waals surface area contributed by atoms with E-state index < -0.39 is 0 Å². The normalized spacial score (nSPS) is 13.3. The summed E-state index contributed by atoms with van der Waals surface area (Å²) in [5.41, 5.74) is 0.790. The number of carbonyl (C=O) groups excluding carboxylic acids is 2. The molecule has 0 aliphatic carbocycles.